The average molecular weight is 461 g/mol. The van der Waals surface area contributed by atoms with E-state index in [1.807, 2.05) is 12.1 Å². The molecule has 0 saturated heterocycles. The molecule has 0 saturated carbocycles. The minimum absolute atomic E-state index is 0.173. The summed E-state index contributed by atoms with van der Waals surface area (Å²) in [4.78, 5) is 29.7. The van der Waals surface area contributed by atoms with Crippen LogP contribution >= 0.6 is 0 Å². The number of aromatic nitrogens is 4. The predicted octanol–water partition coefficient (Wildman–Crippen LogP) is 2.97. The van der Waals surface area contributed by atoms with Gasteiger partial charge in [0.1, 0.15) is 17.5 Å². The molecular formula is C24H20FN5O4. The van der Waals surface area contributed by atoms with E-state index in [9.17, 15) is 14.0 Å². The number of furan rings is 1. The van der Waals surface area contributed by atoms with E-state index >= 15 is 0 Å². The molecule has 0 radical (unpaired) electrons. The summed E-state index contributed by atoms with van der Waals surface area (Å²) in [5.74, 6) is 0.0183. The fraction of sp³-hybridized carbons (Fsp3) is 0.167. The van der Waals surface area contributed by atoms with E-state index in [0.717, 1.165) is 10.9 Å². The molecule has 0 aliphatic rings. The molecule has 2 aromatic carbocycles. The average Bonchev–Trinajstić information content (AvgIpc) is 3.47. The van der Waals surface area contributed by atoms with Crippen LogP contribution in [-0.2, 0) is 13.1 Å². The van der Waals surface area contributed by atoms with E-state index in [0.29, 0.717) is 28.9 Å². The van der Waals surface area contributed by atoms with Crippen molar-refractivity contribution < 1.29 is 18.3 Å². The molecule has 5 aromatic rings. The zero-order valence-corrected chi connectivity index (χ0v) is 18.2. The molecule has 0 spiro atoms. The van der Waals surface area contributed by atoms with Crippen molar-refractivity contribution in [1.82, 2.24) is 24.6 Å². The Hall–Kier alpha value is -4.47. The lowest BCUT2D eigenvalue weighted by Crippen LogP contribution is -2.27. The Bertz CT molecular complexity index is 1550. The van der Waals surface area contributed by atoms with Crippen molar-refractivity contribution in [2.45, 2.75) is 13.1 Å². The number of methoxy groups -OCH3 is 1. The fourth-order valence-corrected chi connectivity index (χ4v) is 3.73. The summed E-state index contributed by atoms with van der Waals surface area (Å²) in [6.45, 7) is 0.836. The quantitative estimate of drug-likeness (QED) is 0.400. The third kappa shape index (κ3) is 4.01. The molecule has 10 heteroatoms. The van der Waals surface area contributed by atoms with E-state index in [1.165, 1.54) is 36.3 Å². The lowest BCUT2D eigenvalue weighted by atomic mass is 10.2. The van der Waals surface area contributed by atoms with E-state index in [2.05, 4.69) is 15.4 Å². The molecule has 9 nitrogen and oxygen atoms in total. The van der Waals surface area contributed by atoms with Crippen molar-refractivity contribution in [1.29, 1.82) is 0 Å². The molecule has 5 rings (SSSR count). The molecule has 0 atom stereocenters. The molecule has 3 aromatic heterocycles. The summed E-state index contributed by atoms with van der Waals surface area (Å²) in [7, 11) is 1.54. The second-order valence-corrected chi connectivity index (χ2v) is 7.65. The van der Waals surface area contributed by atoms with Gasteiger partial charge in [-0.1, -0.05) is 24.3 Å². The van der Waals surface area contributed by atoms with Gasteiger partial charge >= 0.3 is 0 Å². The first-order valence-electron chi connectivity index (χ1n) is 10.5. The van der Waals surface area contributed by atoms with Gasteiger partial charge in [-0.05, 0) is 29.8 Å². The number of carbonyl (C=O) groups excluding carboxylic acids is 1. The lowest BCUT2D eigenvalue weighted by Gasteiger charge is -2.07. The van der Waals surface area contributed by atoms with E-state index in [4.69, 9.17) is 9.15 Å². The normalized spacial score (nSPS) is 11.2. The minimum Gasteiger partial charge on any atom is -0.493 e. The maximum atomic E-state index is 13.1. The molecule has 172 valence electrons. The van der Waals surface area contributed by atoms with Crippen molar-refractivity contribution in [3.05, 3.63) is 88.5 Å². The number of hydrogen-bond donors (Lipinski definition) is 1. The molecule has 34 heavy (non-hydrogen) atoms. The molecule has 0 aliphatic carbocycles. The summed E-state index contributed by atoms with van der Waals surface area (Å²) >= 11 is 0. The van der Waals surface area contributed by atoms with Gasteiger partial charge in [-0.15, -0.1) is 0 Å². The van der Waals surface area contributed by atoms with Crippen LogP contribution in [0.25, 0.3) is 22.0 Å². The third-order valence-corrected chi connectivity index (χ3v) is 5.45. The summed E-state index contributed by atoms with van der Waals surface area (Å²) in [6, 6.07) is 13.0. The number of halogens is 1. The smallest absolute Gasteiger partial charge is 0.287 e. The highest BCUT2D eigenvalue weighted by atomic mass is 19.1. The van der Waals surface area contributed by atoms with Gasteiger partial charge in [0.2, 0.25) is 0 Å². The van der Waals surface area contributed by atoms with Crippen molar-refractivity contribution in [2.75, 3.05) is 13.7 Å². The molecule has 0 fully saturated rings. The third-order valence-electron chi connectivity index (χ3n) is 5.45. The second kappa shape index (κ2) is 8.81. The maximum Gasteiger partial charge on any atom is 0.287 e. The summed E-state index contributed by atoms with van der Waals surface area (Å²) < 4.78 is 27.0. The number of para-hydroxylation sites is 1. The SMILES string of the molecule is COc1cccc2cc(C(=O)NCCn3ncc4c(=O)n(Cc5ccc(F)cc5)cnc43)oc12. The molecule has 0 unspecified atom stereocenters. The van der Waals surface area contributed by atoms with Crippen molar-refractivity contribution in [2.24, 2.45) is 0 Å². The number of nitrogens with one attached hydrogen (secondary N) is 1. The largest absolute Gasteiger partial charge is 0.493 e. The molecule has 0 aliphatic heterocycles. The first-order valence-corrected chi connectivity index (χ1v) is 10.5. The number of ether oxygens (including phenoxy) is 1. The van der Waals surface area contributed by atoms with Crippen LogP contribution in [0.4, 0.5) is 4.39 Å². The highest BCUT2D eigenvalue weighted by Crippen LogP contribution is 2.28. The lowest BCUT2D eigenvalue weighted by molar-refractivity contribution is 0.0926. The van der Waals surface area contributed by atoms with Crippen molar-refractivity contribution in [3.8, 4) is 5.75 Å². The van der Waals surface area contributed by atoms with Crippen molar-refractivity contribution >= 4 is 27.9 Å². The van der Waals surface area contributed by atoms with E-state index in [-0.39, 0.29) is 36.1 Å². The van der Waals surface area contributed by atoms with Gasteiger partial charge in [-0.2, -0.15) is 5.10 Å². The van der Waals surface area contributed by atoms with Crippen LogP contribution in [0, 0.1) is 5.82 Å². The van der Waals surface area contributed by atoms with Gasteiger partial charge in [0.05, 0.1) is 26.4 Å². The minimum atomic E-state index is -0.371. The Morgan fingerprint density at radius 1 is 1.21 bits per heavy atom. The number of carbonyl (C=O) groups is 1. The number of fused-ring (bicyclic) bond motifs is 2. The molecule has 3 heterocycles. The van der Waals surface area contributed by atoms with Crippen molar-refractivity contribution in [3.63, 3.8) is 0 Å². The number of rotatable bonds is 7. The zero-order chi connectivity index (χ0) is 23.7. The van der Waals surface area contributed by atoms with Gasteiger partial charge < -0.3 is 14.5 Å². The van der Waals surface area contributed by atoms with Gasteiger partial charge in [-0.3, -0.25) is 14.2 Å². The first kappa shape index (κ1) is 21.4. The van der Waals surface area contributed by atoms with E-state index in [1.54, 1.807) is 28.9 Å². The first-order chi connectivity index (χ1) is 16.5. The van der Waals surface area contributed by atoms with Gasteiger partial charge in [-0.25, -0.2) is 14.1 Å². The highest BCUT2D eigenvalue weighted by molar-refractivity contribution is 5.97. The Balaban J connectivity index is 1.27. The van der Waals surface area contributed by atoms with Crippen LogP contribution in [0.5, 0.6) is 5.75 Å². The van der Waals surface area contributed by atoms with Crippen LogP contribution in [-0.4, -0.2) is 38.9 Å². The van der Waals surface area contributed by atoms with Gasteiger partial charge in [0, 0.05) is 11.9 Å². The maximum absolute atomic E-state index is 13.1. The number of hydrogen-bond acceptors (Lipinski definition) is 6. The predicted molar refractivity (Wildman–Crippen MR) is 122 cm³/mol. The van der Waals surface area contributed by atoms with Crippen LogP contribution in [0.15, 0.2) is 70.3 Å². The molecule has 1 N–H and O–H groups in total. The molecular weight excluding hydrogens is 441 g/mol. The summed E-state index contributed by atoms with van der Waals surface area (Å²) in [5.41, 5.74) is 1.46. The monoisotopic (exact) mass is 461 g/mol. The van der Waals surface area contributed by atoms with Gasteiger partial charge in [0.15, 0.2) is 22.7 Å². The fourth-order valence-electron chi connectivity index (χ4n) is 3.73. The highest BCUT2D eigenvalue weighted by Gasteiger charge is 2.15. The Morgan fingerprint density at radius 3 is 2.82 bits per heavy atom. The van der Waals surface area contributed by atoms with Crippen LogP contribution < -0.4 is 15.6 Å². The number of amides is 1. The zero-order valence-electron chi connectivity index (χ0n) is 18.2. The van der Waals surface area contributed by atoms with E-state index < -0.39 is 0 Å². The van der Waals surface area contributed by atoms with Gasteiger partial charge in [0.25, 0.3) is 11.5 Å². The summed E-state index contributed by atoms with van der Waals surface area (Å²) in [6.07, 6.45) is 2.89. The summed E-state index contributed by atoms with van der Waals surface area (Å²) in [5, 5.41) is 8.16. The number of nitrogens with zero attached hydrogens (tertiary/aromatic N) is 4. The standard InChI is InChI=1S/C24H20FN5O4/c1-33-19-4-2-3-16-11-20(34-21(16)19)23(31)26-9-10-30-22-18(12-28-30)24(32)29(14-27-22)13-15-5-7-17(25)8-6-15/h2-8,11-12,14H,9-10,13H2,1H3,(H,26,31). The molecule has 1 amide bonds. The molecule has 0 bridgehead atoms. The second-order valence-electron chi connectivity index (χ2n) is 7.65. The number of benzene rings is 2. The topological polar surface area (TPSA) is 104 Å². The van der Waals surface area contributed by atoms with Crippen LogP contribution in [0.1, 0.15) is 16.1 Å². The van der Waals surface area contributed by atoms with Crippen LogP contribution in [0.3, 0.4) is 0 Å². The Morgan fingerprint density at radius 2 is 2.03 bits per heavy atom. The Labute approximate surface area is 192 Å². The van der Waals surface area contributed by atoms with Crippen LogP contribution in [0.2, 0.25) is 0 Å². The Kier molecular flexibility index (Phi) is 5.54.